The van der Waals surface area contributed by atoms with Crippen LogP contribution in [0.25, 0.3) is 6.08 Å². The molecule has 1 aliphatic heterocycles. The Kier molecular flexibility index (Phi) is 8.45. The third kappa shape index (κ3) is 6.16. The molecule has 1 aliphatic rings. The second-order valence-electron chi connectivity index (χ2n) is 7.86. The van der Waals surface area contributed by atoms with E-state index < -0.39 is 11.8 Å². The summed E-state index contributed by atoms with van der Waals surface area (Å²) in [7, 11) is 0. The highest BCUT2D eigenvalue weighted by Crippen LogP contribution is 2.39. The van der Waals surface area contributed by atoms with E-state index in [1.54, 1.807) is 30.3 Å². The first kappa shape index (κ1) is 25.9. The summed E-state index contributed by atoms with van der Waals surface area (Å²) < 4.78 is 12.8. The van der Waals surface area contributed by atoms with Crippen molar-refractivity contribution in [2.75, 3.05) is 6.61 Å². The lowest BCUT2D eigenvalue weighted by molar-refractivity contribution is -0.123. The maximum Gasteiger partial charge on any atom is 0.285 e. The Bertz CT molecular complexity index is 1330. The second kappa shape index (κ2) is 11.7. The molecule has 9 heteroatoms. The number of aryl methyl sites for hydroxylation is 1. The normalized spacial score (nSPS) is 14.3. The van der Waals surface area contributed by atoms with Gasteiger partial charge in [0.15, 0.2) is 15.8 Å². The molecule has 0 bridgehead atoms. The van der Waals surface area contributed by atoms with Crippen LogP contribution >= 0.6 is 39.9 Å². The van der Waals surface area contributed by atoms with Gasteiger partial charge >= 0.3 is 0 Å². The highest BCUT2D eigenvalue weighted by Gasteiger charge is 2.34. The maximum atomic E-state index is 13.0. The van der Waals surface area contributed by atoms with Gasteiger partial charge < -0.3 is 9.47 Å². The van der Waals surface area contributed by atoms with Crippen molar-refractivity contribution in [1.29, 1.82) is 0 Å². The van der Waals surface area contributed by atoms with Crippen LogP contribution in [0, 0.1) is 6.92 Å². The smallest absolute Gasteiger partial charge is 0.285 e. The predicted molar refractivity (Wildman–Crippen MR) is 150 cm³/mol. The molecule has 1 N–H and O–H groups in total. The molecule has 184 valence electrons. The molecule has 4 rings (SSSR count). The molecule has 0 aliphatic carbocycles. The number of thioether (sulfide) groups is 1. The standard InChI is InChI=1S/C27H23BrN2O4S2/c1-3-33-22-14-19(13-21(28)24(22)34-16-18-11-9-17(2)10-12-18)15-23-26(32)30(27(35)36-23)29-25(31)20-7-5-4-6-8-20/h4-15H,3,16H2,1-2H3,(H,29,31)/b23-15-. The number of halogens is 1. The zero-order chi connectivity index (χ0) is 25.7. The van der Waals surface area contributed by atoms with Crippen LogP contribution in [0.2, 0.25) is 0 Å². The quantitative estimate of drug-likeness (QED) is 0.249. The molecule has 0 saturated carbocycles. The number of amides is 2. The van der Waals surface area contributed by atoms with Crippen molar-refractivity contribution in [2.24, 2.45) is 0 Å². The molecule has 1 saturated heterocycles. The number of nitrogens with zero attached hydrogens (tertiary/aromatic N) is 1. The van der Waals surface area contributed by atoms with E-state index in [9.17, 15) is 9.59 Å². The fourth-order valence-electron chi connectivity index (χ4n) is 3.39. The van der Waals surface area contributed by atoms with Gasteiger partial charge in [0.25, 0.3) is 11.8 Å². The van der Waals surface area contributed by atoms with Crippen molar-refractivity contribution in [3.63, 3.8) is 0 Å². The average Bonchev–Trinajstić information content (AvgIpc) is 3.12. The molecular weight excluding hydrogens is 560 g/mol. The number of benzene rings is 3. The average molecular weight is 584 g/mol. The Hall–Kier alpha value is -3.14. The van der Waals surface area contributed by atoms with Crippen molar-refractivity contribution in [3.8, 4) is 11.5 Å². The second-order valence-corrected chi connectivity index (χ2v) is 10.4. The summed E-state index contributed by atoms with van der Waals surface area (Å²) in [4.78, 5) is 25.9. The van der Waals surface area contributed by atoms with Crippen LogP contribution in [-0.2, 0) is 11.4 Å². The summed E-state index contributed by atoms with van der Waals surface area (Å²) in [5, 5.41) is 1.10. The van der Waals surface area contributed by atoms with Gasteiger partial charge in [0.2, 0.25) is 0 Å². The van der Waals surface area contributed by atoms with Crippen LogP contribution < -0.4 is 14.9 Å². The molecule has 6 nitrogen and oxygen atoms in total. The van der Waals surface area contributed by atoms with E-state index in [-0.39, 0.29) is 4.32 Å². The largest absolute Gasteiger partial charge is 0.490 e. The molecule has 3 aromatic carbocycles. The summed E-state index contributed by atoms with van der Waals surface area (Å²) >= 11 is 10.0. The van der Waals surface area contributed by atoms with E-state index in [1.165, 1.54) is 5.56 Å². The van der Waals surface area contributed by atoms with Gasteiger partial charge in [-0.2, -0.15) is 5.01 Å². The number of thiocarbonyl (C=S) groups is 1. The lowest BCUT2D eigenvalue weighted by Gasteiger charge is -2.16. The van der Waals surface area contributed by atoms with Crippen molar-refractivity contribution < 1.29 is 19.1 Å². The van der Waals surface area contributed by atoms with E-state index in [1.807, 2.05) is 56.3 Å². The van der Waals surface area contributed by atoms with Crippen LogP contribution in [0.4, 0.5) is 0 Å². The third-order valence-electron chi connectivity index (χ3n) is 5.18. The minimum absolute atomic E-state index is 0.248. The number of hydrogen-bond acceptors (Lipinski definition) is 6. The maximum absolute atomic E-state index is 13.0. The topological polar surface area (TPSA) is 67.9 Å². The fourth-order valence-corrected chi connectivity index (χ4v) is 5.14. The van der Waals surface area contributed by atoms with Crippen LogP contribution in [0.1, 0.15) is 34.0 Å². The number of rotatable bonds is 8. The molecular formula is C27H23BrN2O4S2. The zero-order valence-electron chi connectivity index (χ0n) is 19.6. The molecule has 2 amide bonds. The molecule has 0 radical (unpaired) electrons. The Labute approximate surface area is 227 Å². The Morgan fingerprint density at radius 1 is 1.11 bits per heavy atom. The number of ether oxygens (including phenoxy) is 2. The first-order valence-electron chi connectivity index (χ1n) is 11.1. The van der Waals surface area contributed by atoms with Gasteiger partial charge in [-0.15, -0.1) is 0 Å². The summed E-state index contributed by atoms with van der Waals surface area (Å²) in [6.45, 7) is 4.77. The summed E-state index contributed by atoms with van der Waals surface area (Å²) in [5.74, 6) is 0.322. The van der Waals surface area contributed by atoms with Crippen LogP contribution in [-0.4, -0.2) is 27.8 Å². The van der Waals surface area contributed by atoms with E-state index in [0.29, 0.717) is 39.7 Å². The van der Waals surface area contributed by atoms with Gasteiger partial charge in [0.1, 0.15) is 6.61 Å². The minimum Gasteiger partial charge on any atom is -0.490 e. The highest BCUT2D eigenvalue weighted by atomic mass is 79.9. The molecule has 1 fully saturated rings. The number of nitrogens with one attached hydrogen (secondary N) is 1. The summed E-state index contributed by atoms with van der Waals surface area (Å²) in [6.07, 6.45) is 1.71. The molecule has 1 heterocycles. The SMILES string of the molecule is CCOc1cc(/C=C2\SC(=S)N(NC(=O)c3ccccc3)C2=O)cc(Br)c1OCc1ccc(C)cc1. The Balaban J connectivity index is 1.53. The lowest BCUT2D eigenvalue weighted by atomic mass is 10.1. The van der Waals surface area contributed by atoms with Gasteiger partial charge in [-0.1, -0.05) is 59.8 Å². The summed E-state index contributed by atoms with van der Waals surface area (Å²) in [6, 6.07) is 20.4. The molecule has 36 heavy (non-hydrogen) atoms. The van der Waals surface area contributed by atoms with Crippen molar-refractivity contribution in [3.05, 3.63) is 98.4 Å². The van der Waals surface area contributed by atoms with E-state index in [2.05, 4.69) is 21.4 Å². The number of hydrogen-bond donors (Lipinski definition) is 1. The number of carbonyl (C=O) groups is 2. The van der Waals surface area contributed by atoms with Crippen LogP contribution in [0.3, 0.4) is 0 Å². The first-order chi connectivity index (χ1) is 17.4. The van der Waals surface area contributed by atoms with Gasteiger partial charge in [0, 0.05) is 5.56 Å². The Morgan fingerprint density at radius 2 is 1.83 bits per heavy atom. The van der Waals surface area contributed by atoms with Crippen molar-refractivity contribution in [1.82, 2.24) is 10.4 Å². The lowest BCUT2D eigenvalue weighted by Crippen LogP contribution is -2.44. The van der Waals surface area contributed by atoms with E-state index in [0.717, 1.165) is 27.9 Å². The number of hydrazine groups is 1. The van der Waals surface area contributed by atoms with Crippen LogP contribution in [0.15, 0.2) is 76.1 Å². The fraction of sp³-hybridized carbons (Fsp3) is 0.148. The van der Waals surface area contributed by atoms with Gasteiger partial charge in [-0.3, -0.25) is 15.0 Å². The Morgan fingerprint density at radius 3 is 2.53 bits per heavy atom. The van der Waals surface area contributed by atoms with E-state index in [4.69, 9.17) is 21.7 Å². The van der Waals surface area contributed by atoms with Crippen molar-refractivity contribution in [2.45, 2.75) is 20.5 Å². The van der Waals surface area contributed by atoms with Gasteiger partial charge in [-0.25, -0.2) is 0 Å². The molecule has 0 spiro atoms. The molecule has 0 unspecified atom stereocenters. The molecule has 3 aromatic rings. The van der Waals surface area contributed by atoms with Crippen LogP contribution in [0.5, 0.6) is 11.5 Å². The van der Waals surface area contributed by atoms with Gasteiger partial charge in [0.05, 0.1) is 16.0 Å². The minimum atomic E-state index is -0.412. The monoisotopic (exact) mass is 582 g/mol. The highest BCUT2D eigenvalue weighted by molar-refractivity contribution is 9.10. The zero-order valence-corrected chi connectivity index (χ0v) is 22.8. The summed E-state index contributed by atoms with van der Waals surface area (Å²) in [5.41, 5.74) is 5.97. The van der Waals surface area contributed by atoms with Crippen molar-refractivity contribution >= 4 is 62.1 Å². The molecule has 0 aromatic heterocycles. The first-order valence-corrected chi connectivity index (χ1v) is 13.2. The third-order valence-corrected chi connectivity index (χ3v) is 7.07. The number of carbonyl (C=O) groups excluding carboxylic acids is 2. The van der Waals surface area contributed by atoms with E-state index >= 15 is 0 Å². The predicted octanol–water partition coefficient (Wildman–Crippen LogP) is 6.28. The molecule has 0 atom stereocenters. The van der Waals surface area contributed by atoms with Gasteiger partial charge in [-0.05, 0) is 83.5 Å².